The maximum absolute atomic E-state index is 10.6. The van der Waals surface area contributed by atoms with Crippen molar-refractivity contribution in [3.05, 3.63) is 94.5 Å². The van der Waals surface area contributed by atoms with Crippen LogP contribution < -0.4 is 4.74 Å². The number of hydrogen-bond acceptors (Lipinski definition) is 3. The highest BCUT2D eigenvalue weighted by Crippen LogP contribution is 2.27. The van der Waals surface area contributed by atoms with E-state index in [0.29, 0.717) is 18.1 Å². The monoisotopic (exact) mass is 382 g/mol. The van der Waals surface area contributed by atoms with E-state index in [9.17, 15) is 4.79 Å². The van der Waals surface area contributed by atoms with Gasteiger partial charge in [-0.2, -0.15) is 0 Å². The largest absolute Gasteiger partial charge is 0.489 e. The molecule has 0 aromatic heterocycles. The van der Waals surface area contributed by atoms with E-state index in [2.05, 4.69) is 24.3 Å². The normalized spacial score (nSPS) is 10.5. The van der Waals surface area contributed by atoms with E-state index in [4.69, 9.17) is 16.3 Å². The molecular formula is C22H19ClO2S. The molecule has 0 bridgehead atoms. The first kappa shape index (κ1) is 18.6. The highest BCUT2D eigenvalue weighted by atomic mass is 35.5. The summed E-state index contributed by atoms with van der Waals surface area (Å²) in [5.41, 5.74) is 3.16. The molecule has 0 saturated heterocycles. The Morgan fingerprint density at radius 3 is 2.38 bits per heavy atom. The SMILES string of the molecule is O=CCc1ccc(CSc2ccc(OCc3ccccc3)cc2)cc1Cl. The second-order valence-corrected chi connectivity index (χ2v) is 7.29. The minimum absolute atomic E-state index is 0.358. The van der Waals surface area contributed by atoms with Crippen molar-refractivity contribution in [1.82, 2.24) is 0 Å². The first-order chi connectivity index (χ1) is 12.7. The third kappa shape index (κ3) is 5.38. The van der Waals surface area contributed by atoms with Crippen LogP contribution in [0.15, 0.2) is 77.7 Å². The second-order valence-electron chi connectivity index (χ2n) is 5.83. The van der Waals surface area contributed by atoms with Crippen molar-refractivity contribution in [3.63, 3.8) is 0 Å². The molecule has 26 heavy (non-hydrogen) atoms. The van der Waals surface area contributed by atoms with Gasteiger partial charge in [-0.15, -0.1) is 11.8 Å². The van der Waals surface area contributed by atoms with Gasteiger partial charge < -0.3 is 9.53 Å². The molecule has 0 heterocycles. The lowest BCUT2D eigenvalue weighted by Crippen LogP contribution is -1.94. The Morgan fingerprint density at radius 2 is 1.69 bits per heavy atom. The van der Waals surface area contributed by atoms with Gasteiger partial charge in [0.1, 0.15) is 18.6 Å². The summed E-state index contributed by atoms with van der Waals surface area (Å²) in [6, 6.07) is 24.1. The lowest BCUT2D eigenvalue weighted by molar-refractivity contribution is -0.107. The van der Waals surface area contributed by atoms with Crippen LogP contribution in [-0.4, -0.2) is 6.29 Å². The van der Waals surface area contributed by atoms with Crippen LogP contribution in [0.2, 0.25) is 5.02 Å². The molecule has 0 radical (unpaired) electrons. The van der Waals surface area contributed by atoms with Gasteiger partial charge in [0.05, 0.1) is 0 Å². The zero-order chi connectivity index (χ0) is 18.2. The Labute approximate surface area is 163 Å². The molecule has 0 N–H and O–H groups in total. The third-order valence-electron chi connectivity index (χ3n) is 3.90. The minimum Gasteiger partial charge on any atom is -0.489 e. The quantitative estimate of drug-likeness (QED) is 0.355. The summed E-state index contributed by atoms with van der Waals surface area (Å²) in [5, 5.41) is 0.653. The van der Waals surface area contributed by atoms with E-state index in [1.54, 1.807) is 11.8 Å². The second kappa shape index (κ2) is 9.46. The van der Waals surface area contributed by atoms with Gasteiger partial charge in [-0.1, -0.05) is 54.1 Å². The molecule has 4 heteroatoms. The van der Waals surface area contributed by atoms with Gasteiger partial charge in [-0.25, -0.2) is 0 Å². The highest BCUT2D eigenvalue weighted by Gasteiger charge is 2.03. The van der Waals surface area contributed by atoms with Crippen LogP contribution in [0.1, 0.15) is 16.7 Å². The van der Waals surface area contributed by atoms with Crippen LogP contribution in [0, 0.1) is 0 Å². The molecule has 0 unspecified atom stereocenters. The lowest BCUT2D eigenvalue weighted by Gasteiger charge is -2.08. The Morgan fingerprint density at radius 1 is 0.923 bits per heavy atom. The summed E-state index contributed by atoms with van der Waals surface area (Å²) in [4.78, 5) is 11.8. The Balaban J connectivity index is 1.52. The standard InChI is InChI=1S/C22H19ClO2S/c23-22-14-18(6-7-19(22)12-13-24)16-26-21-10-8-20(9-11-21)25-15-17-4-2-1-3-5-17/h1-11,13-14H,12,15-16H2. The van der Waals surface area contributed by atoms with Gasteiger partial charge >= 0.3 is 0 Å². The van der Waals surface area contributed by atoms with E-state index in [1.165, 1.54) is 4.90 Å². The highest BCUT2D eigenvalue weighted by molar-refractivity contribution is 7.98. The van der Waals surface area contributed by atoms with Crippen molar-refractivity contribution in [2.45, 2.75) is 23.7 Å². The number of carbonyl (C=O) groups is 1. The van der Waals surface area contributed by atoms with Gasteiger partial charge in [0.25, 0.3) is 0 Å². The molecule has 3 aromatic carbocycles. The van der Waals surface area contributed by atoms with Crippen molar-refractivity contribution in [2.24, 2.45) is 0 Å². The molecule has 0 fully saturated rings. The maximum Gasteiger partial charge on any atom is 0.124 e. The minimum atomic E-state index is 0.358. The number of hydrogen-bond donors (Lipinski definition) is 0. The Bertz CT molecular complexity index is 848. The Kier molecular flexibility index (Phi) is 6.75. The van der Waals surface area contributed by atoms with Gasteiger partial charge in [0, 0.05) is 22.1 Å². The molecule has 0 aliphatic rings. The predicted molar refractivity (Wildman–Crippen MR) is 108 cm³/mol. The molecule has 0 saturated carbocycles. The molecule has 2 nitrogen and oxygen atoms in total. The fourth-order valence-corrected chi connectivity index (χ4v) is 3.60. The van der Waals surface area contributed by atoms with E-state index in [-0.39, 0.29) is 0 Å². The van der Waals surface area contributed by atoms with Crippen LogP contribution in [0.5, 0.6) is 5.75 Å². The maximum atomic E-state index is 10.6. The summed E-state index contributed by atoms with van der Waals surface area (Å²) >= 11 is 7.95. The van der Waals surface area contributed by atoms with Crippen molar-refractivity contribution < 1.29 is 9.53 Å². The van der Waals surface area contributed by atoms with Crippen molar-refractivity contribution in [2.75, 3.05) is 0 Å². The van der Waals surface area contributed by atoms with Crippen LogP contribution in [0.3, 0.4) is 0 Å². The molecule has 132 valence electrons. The molecule has 3 rings (SSSR count). The van der Waals surface area contributed by atoms with Gasteiger partial charge in [-0.3, -0.25) is 0 Å². The number of benzene rings is 3. The van der Waals surface area contributed by atoms with Gasteiger partial charge in [-0.05, 0) is 47.0 Å². The smallest absolute Gasteiger partial charge is 0.124 e. The fourth-order valence-electron chi connectivity index (χ4n) is 2.48. The summed E-state index contributed by atoms with van der Waals surface area (Å²) in [6.07, 6.45) is 1.23. The third-order valence-corrected chi connectivity index (χ3v) is 5.33. The first-order valence-electron chi connectivity index (χ1n) is 8.35. The predicted octanol–water partition coefficient (Wildman–Crippen LogP) is 5.95. The molecule has 0 atom stereocenters. The van der Waals surface area contributed by atoms with E-state index < -0.39 is 0 Å². The average molecular weight is 383 g/mol. The number of thioether (sulfide) groups is 1. The molecule has 0 aliphatic carbocycles. The van der Waals surface area contributed by atoms with E-state index in [0.717, 1.165) is 34.5 Å². The number of carbonyl (C=O) groups excluding carboxylic acids is 1. The van der Waals surface area contributed by atoms with Crippen LogP contribution in [-0.2, 0) is 23.6 Å². The first-order valence-corrected chi connectivity index (χ1v) is 9.71. The van der Waals surface area contributed by atoms with Crippen molar-refractivity contribution >= 4 is 29.6 Å². The van der Waals surface area contributed by atoms with Crippen LogP contribution >= 0.6 is 23.4 Å². The van der Waals surface area contributed by atoms with Gasteiger partial charge in [0.2, 0.25) is 0 Å². The van der Waals surface area contributed by atoms with Gasteiger partial charge in [0.15, 0.2) is 0 Å². The summed E-state index contributed by atoms with van der Waals surface area (Å²) < 4.78 is 5.81. The number of halogens is 1. The molecule has 0 spiro atoms. The lowest BCUT2D eigenvalue weighted by atomic mass is 10.1. The van der Waals surface area contributed by atoms with Crippen LogP contribution in [0.25, 0.3) is 0 Å². The summed E-state index contributed by atoms with van der Waals surface area (Å²) in [5.74, 6) is 1.69. The molecule has 3 aromatic rings. The average Bonchev–Trinajstić information content (AvgIpc) is 2.68. The van der Waals surface area contributed by atoms with Crippen molar-refractivity contribution in [3.8, 4) is 5.75 Å². The van der Waals surface area contributed by atoms with E-state index >= 15 is 0 Å². The topological polar surface area (TPSA) is 26.3 Å². The molecular weight excluding hydrogens is 364 g/mol. The summed E-state index contributed by atoms with van der Waals surface area (Å²) in [6.45, 7) is 0.568. The number of aldehydes is 1. The van der Waals surface area contributed by atoms with Crippen molar-refractivity contribution in [1.29, 1.82) is 0 Å². The number of rotatable bonds is 8. The zero-order valence-electron chi connectivity index (χ0n) is 14.2. The fraction of sp³-hybridized carbons (Fsp3) is 0.136. The van der Waals surface area contributed by atoms with Crippen LogP contribution in [0.4, 0.5) is 0 Å². The molecule has 0 amide bonds. The summed E-state index contributed by atoms with van der Waals surface area (Å²) in [7, 11) is 0. The number of ether oxygens (including phenoxy) is 1. The zero-order valence-corrected chi connectivity index (χ0v) is 15.8. The Hall–Kier alpha value is -2.23. The molecule has 0 aliphatic heterocycles. The van der Waals surface area contributed by atoms with E-state index in [1.807, 2.05) is 48.5 Å².